The number of fused-ring (bicyclic) bond motifs is 5. The lowest BCUT2D eigenvalue weighted by Crippen LogP contribution is -2.31. The number of aromatic nitrogens is 2. The summed E-state index contributed by atoms with van der Waals surface area (Å²) in [5.41, 5.74) is 1.83. The molecule has 2 aromatic rings. The summed E-state index contributed by atoms with van der Waals surface area (Å²) in [7, 11) is -1.07. The van der Waals surface area contributed by atoms with Crippen LogP contribution in [-0.2, 0) is 0 Å². The Balaban J connectivity index is 1.90. The van der Waals surface area contributed by atoms with Crippen molar-refractivity contribution in [3.05, 3.63) is 41.5 Å². The van der Waals surface area contributed by atoms with E-state index in [0.717, 1.165) is 12.8 Å². The molecule has 2 aliphatic rings. The molecular weight excluding hydrogens is 308 g/mol. The van der Waals surface area contributed by atoms with Gasteiger partial charge >= 0.3 is 0 Å². The third-order valence-corrected chi connectivity index (χ3v) is 4.65. The number of carbonyl (C=O) groups is 2. The van der Waals surface area contributed by atoms with E-state index in [1.54, 1.807) is 15.5 Å². The molecule has 2 amide bonds. The molecule has 1 fully saturated rings. The molecule has 1 aromatic heterocycles. The van der Waals surface area contributed by atoms with E-state index in [1.165, 1.54) is 25.5 Å². The van der Waals surface area contributed by atoms with Crippen LogP contribution >= 0.6 is 0 Å². The zero-order valence-corrected chi connectivity index (χ0v) is 13.1. The lowest BCUT2D eigenvalue weighted by atomic mass is 10.1. The van der Waals surface area contributed by atoms with Crippen molar-refractivity contribution in [3.63, 3.8) is 0 Å². The number of imidazole rings is 1. The number of ether oxygens (including phenoxy) is 1. The predicted octanol–water partition coefficient (Wildman–Crippen LogP) is 1.53. The van der Waals surface area contributed by atoms with Crippen LogP contribution in [0, 0.1) is 0 Å². The predicted molar refractivity (Wildman–Crippen MR) is 86.5 cm³/mol. The summed E-state index contributed by atoms with van der Waals surface area (Å²) in [4.78, 5) is 31.4. The first-order valence-corrected chi connectivity index (χ1v) is 7.74. The van der Waals surface area contributed by atoms with Gasteiger partial charge in [-0.15, -0.1) is 0 Å². The fourth-order valence-electron chi connectivity index (χ4n) is 3.57. The summed E-state index contributed by atoms with van der Waals surface area (Å²) in [5, 5.41) is 2.59. The highest BCUT2D eigenvalue weighted by molar-refractivity contribution is 6.00. The second kappa shape index (κ2) is 5.36. The quantitative estimate of drug-likeness (QED) is 0.906. The fourth-order valence-corrected chi connectivity index (χ4v) is 3.57. The first-order valence-electron chi connectivity index (χ1n) is 9.24. The van der Waals surface area contributed by atoms with Gasteiger partial charge in [0.2, 0.25) is 0 Å². The molecule has 0 radical (unpaired) electrons. The van der Waals surface area contributed by atoms with Gasteiger partial charge in [0.1, 0.15) is 12.1 Å². The summed E-state index contributed by atoms with van der Waals surface area (Å²) in [6, 6.07) is 4.30. The minimum absolute atomic E-state index is 0.0907. The minimum atomic E-state index is -2.61. The highest BCUT2D eigenvalue weighted by Crippen LogP contribution is 2.40. The molecule has 2 aliphatic heterocycles. The molecule has 7 nitrogen and oxygen atoms in total. The Morgan fingerprint density at radius 3 is 3.17 bits per heavy atom. The first-order chi connectivity index (χ1) is 12.8. The zero-order valence-electron chi connectivity index (χ0n) is 16.1. The van der Waals surface area contributed by atoms with Gasteiger partial charge in [0.25, 0.3) is 11.8 Å². The normalized spacial score (nSPS) is 20.9. The van der Waals surface area contributed by atoms with Gasteiger partial charge in [-0.05, 0) is 31.0 Å². The Morgan fingerprint density at radius 2 is 2.38 bits per heavy atom. The van der Waals surface area contributed by atoms with Crippen LogP contribution in [0.5, 0.6) is 5.75 Å². The highest BCUT2D eigenvalue weighted by atomic mass is 16.5. The monoisotopic (exact) mass is 329 g/mol. The molecule has 1 N–H and O–H groups in total. The Morgan fingerprint density at radius 1 is 1.50 bits per heavy atom. The molecule has 0 bridgehead atoms. The molecule has 124 valence electrons. The van der Waals surface area contributed by atoms with Crippen LogP contribution in [0.15, 0.2) is 24.5 Å². The number of amides is 2. The number of hydrogen-bond acceptors (Lipinski definition) is 4. The Bertz CT molecular complexity index is 938. The first kappa shape index (κ1) is 11.7. The molecule has 1 aromatic carbocycles. The van der Waals surface area contributed by atoms with Crippen molar-refractivity contribution in [1.29, 1.82) is 0 Å². The average molecular weight is 329 g/mol. The lowest BCUT2D eigenvalue weighted by molar-refractivity contribution is 0.0735. The van der Waals surface area contributed by atoms with E-state index in [1.807, 2.05) is 0 Å². The summed E-state index contributed by atoms with van der Waals surface area (Å²) in [6.07, 6.45) is 3.07. The van der Waals surface area contributed by atoms with E-state index in [2.05, 4.69) is 10.3 Å². The maximum atomic E-state index is 13.1. The largest absolute Gasteiger partial charge is 0.497 e. The topological polar surface area (TPSA) is 76.5 Å². The van der Waals surface area contributed by atoms with E-state index in [-0.39, 0.29) is 29.3 Å². The molecular formula is C17H18N4O3. The maximum absolute atomic E-state index is 13.1. The van der Waals surface area contributed by atoms with Crippen molar-refractivity contribution in [2.45, 2.75) is 18.9 Å². The summed E-state index contributed by atoms with van der Waals surface area (Å²) in [5.74, 6) is -0.433. The number of hydrogen-bond donors (Lipinski definition) is 1. The molecule has 0 spiro atoms. The van der Waals surface area contributed by atoms with Crippen molar-refractivity contribution in [2.75, 3.05) is 20.6 Å². The van der Waals surface area contributed by atoms with Crippen LogP contribution in [0.25, 0.3) is 5.69 Å². The Kier molecular flexibility index (Phi) is 2.61. The average Bonchev–Trinajstić information content (AvgIpc) is 3.23. The van der Waals surface area contributed by atoms with Gasteiger partial charge < -0.3 is 15.0 Å². The highest BCUT2D eigenvalue weighted by Gasteiger charge is 2.39. The van der Waals surface area contributed by atoms with Crippen LogP contribution in [0.4, 0.5) is 0 Å². The molecule has 1 atom stereocenters. The number of nitrogens with zero attached hydrogens (tertiary/aromatic N) is 3. The Hall–Kier alpha value is -2.83. The van der Waals surface area contributed by atoms with Gasteiger partial charge in [-0.1, -0.05) is 0 Å². The summed E-state index contributed by atoms with van der Waals surface area (Å²) >= 11 is 0. The third kappa shape index (κ3) is 1.94. The molecule has 0 aliphatic carbocycles. The van der Waals surface area contributed by atoms with Gasteiger partial charge in [0.05, 0.1) is 34.1 Å². The molecule has 1 saturated heterocycles. The van der Waals surface area contributed by atoms with Crippen molar-refractivity contribution >= 4 is 11.8 Å². The number of nitrogens with one attached hydrogen (secondary N) is 1. The van der Waals surface area contributed by atoms with Crippen LogP contribution in [0.2, 0.25) is 0 Å². The smallest absolute Gasteiger partial charge is 0.271 e. The Labute approximate surface area is 143 Å². The second-order valence-corrected chi connectivity index (χ2v) is 5.87. The van der Waals surface area contributed by atoms with Crippen LogP contribution < -0.4 is 10.1 Å². The molecule has 24 heavy (non-hydrogen) atoms. The lowest BCUT2D eigenvalue weighted by Gasteiger charge is -2.22. The summed E-state index contributed by atoms with van der Waals surface area (Å²) < 4.78 is 28.5. The van der Waals surface area contributed by atoms with Crippen molar-refractivity contribution in [2.24, 2.45) is 0 Å². The SMILES string of the molecule is [2H]C([2H])([2H])Oc1ccc2c(c1)C(=O)N1CCC[C@H]1c1c(C(=O)NC)ncn1-2. The van der Waals surface area contributed by atoms with Gasteiger partial charge in [-0.2, -0.15) is 0 Å². The molecule has 4 rings (SSSR count). The molecule has 0 unspecified atom stereocenters. The van der Waals surface area contributed by atoms with Crippen LogP contribution in [-0.4, -0.2) is 46.9 Å². The van der Waals surface area contributed by atoms with E-state index in [0.29, 0.717) is 23.5 Å². The van der Waals surface area contributed by atoms with Crippen LogP contribution in [0.3, 0.4) is 0 Å². The minimum Gasteiger partial charge on any atom is -0.497 e. The standard InChI is InChI=1S/C17H18N4O3/c1-18-16(22)14-15-13-4-3-7-20(13)17(23)11-8-10(24-2)5-6-12(11)21(15)9-19-14/h5-6,8-9,13H,3-4,7H2,1-2H3,(H,18,22)/t13-/m0/s1/i2D3. The van der Waals surface area contributed by atoms with Gasteiger partial charge in [-0.3, -0.25) is 14.2 Å². The van der Waals surface area contributed by atoms with Crippen molar-refractivity contribution < 1.29 is 18.4 Å². The van der Waals surface area contributed by atoms with Crippen molar-refractivity contribution in [3.8, 4) is 11.4 Å². The number of benzene rings is 1. The van der Waals surface area contributed by atoms with Gasteiger partial charge in [-0.25, -0.2) is 4.98 Å². The zero-order chi connectivity index (χ0) is 19.3. The van der Waals surface area contributed by atoms with Gasteiger partial charge in [0, 0.05) is 13.6 Å². The molecule has 7 heteroatoms. The van der Waals surface area contributed by atoms with E-state index < -0.39 is 7.04 Å². The van der Waals surface area contributed by atoms with E-state index in [4.69, 9.17) is 8.85 Å². The second-order valence-electron chi connectivity index (χ2n) is 5.87. The molecule has 3 heterocycles. The number of rotatable bonds is 2. The maximum Gasteiger partial charge on any atom is 0.271 e. The number of methoxy groups -OCH3 is 1. The van der Waals surface area contributed by atoms with Crippen LogP contribution in [0.1, 0.15) is 49.5 Å². The van der Waals surface area contributed by atoms with E-state index >= 15 is 0 Å². The number of carbonyl (C=O) groups excluding carboxylic acids is 2. The van der Waals surface area contributed by atoms with Gasteiger partial charge in [0.15, 0.2) is 5.69 Å². The fraction of sp³-hybridized carbons (Fsp3) is 0.353. The molecule has 0 saturated carbocycles. The third-order valence-electron chi connectivity index (χ3n) is 4.65. The van der Waals surface area contributed by atoms with Crippen molar-refractivity contribution in [1.82, 2.24) is 19.8 Å². The van der Waals surface area contributed by atoms with E-state index in [9.17, 15) is 9.59 Å². The summed E-state index contributed by atoms with van der Waals surface area (Å²) in [6.45, 7) is 0.561.